The molecule has 0 saturated heterocycles. The van der Waals surface area contributed by atoms with Gasteiger partial charge in [-0.2, -0.15) is 0 Å². The molecule has 0 aliphatic rings. The van der Waals surface area contributed by atoms with Crippen LogP contribution in [0.2, 0.25) is 0 Å². The van der Waals surface area contributed by atoms with Crippen molar-refractivity contribution in [1.29, 1.82) is 5.41 Å². The first-order valence-electron chi connectivity index (χ1n) is 6.51. The SMILES string of the molecule is CN(Cc1cccc(F)c1)Cc1ccc(C(=N)N)cc1F. The van der Waals surface area contributed by atoms with Crippen molar-refractivity contribution in [3.05, 3.63) is 70.8 Å². The lowest BCUT2D eigenvalue weighted by molar-refractivity contribution is 0.313. The Hall–Kier alpha value is -2.27. The fraction of sp³-hybridized carbons (Fsp3) is 0.188. The maximum atomic E-state index is 13.9. The molecule has 0 radical (unpaired) electrons. The van der Waals surface area contributed by atoms with Crippen LogP contribution in [0.4, 0.5) is 8.78 Å². The molecule has 0 amide bonds. The number of nitrogens with two attached hydrogens (primary N) is 1. The first-order chi connectivity index (χ1) is 9.95. The molecule has 2 rings (SSSR count). The quantitative estimate of drug-likeness (QED) is 0.657. The maximum Gasteiger partial charge on any atom is 0.128 e. The highest BCUT2D eigenvalue weighted by Gasteiger charge is 2.09. The second-order valence-electron chi connectivity index (χ2n) is 5.02. The van der Waals surface area contributed by atoms with Crippen LogP contribution in [0.25, 0.3) is 0 Å². The van der Waals surface area contributed by atoms with Gasteiger partial charge in [0.15, 0.2) is 0 Å². The van der Waals surface area contributed by atoms with E-state index in [9.17, 15) is 8.78 Å². The molecule has 0 spiro atoms. The number of hydrogen-bond donors (Lipinski definition) is 2. The molecule has 110 valence electrons. The molecule has 0 atom stereocenters. The molecule has 0 aromatic heterocycles. The zero-order valence-corrected chi connectivity index (χ0v) is 11.7. The molecule has 0 aliphatic heterocycles. The summed E-state index contributed by atoms with van der Waals surface area (Å²) in [6, 6.07) is 10.8. The van der Waals surface area contributed by atoms with Gasteiger partial charge in [0, 0.05) is 24.2 Å². The van der Waals surface area contributed by atoms with E-state index in [1.165, 1.54) is 18.2 Å². The van der Waals surface area contributed by atoms with Crippen LogP contribution in [0.1, 0.15) is 16.7 Å². The summed E-state index contributed by atoms with van der Waals surface area (Å²) in [4.78, 5) is 1.89. The average Bonchev–Trinajstić information content (AvgIpc) is 2.40. The summed E-state index contributed by atoms with van der Waals surface area (Å²) in [7, 11) is 1.84. The van der Waals surface area contributed by atoms with Gasteiger partial charge in [0.2, 0.25) is 0 Å². The molecular weight excluding hydrogens is 272 g/mol. The van der Waals surface area contributed by atoms with Crippen molar-refractivity contribution in [2.45, 2.75) is 13.1 Å². The first-order valence-corrected chi connectivity index (χ1v) is 6.51. The van der Waals surface area contributed by atoms with E-state index < -0.39 is 5.82 Å². The number of rotatable bonds is 5. The van der Waals surface area contributed by atoms with Crippen LogP contribution >= 0.6 is 0 Å². The van der Waals surface area contributed by atoms with Gasteiger partial charge < -0.3 is 5.73 Å². The van der Waals surface area contributed by atoms with Gasteiger partial charge in [0.05, 0.1) is 0 Å². The van der Waals surface area contributed by atoms with Crippen LogP contribution in [-0.4, -0.2) is 17.8 Å². The summed E-state index contributed by atoms with van der Waals surface area (Å²) in [5.41, 5.74) is 7.03. The molecule has 5 heteroatoms. The van der Waals surface area contributed by atoms with Crippen molar-refractivity contribution in [1.82, 2.24) is 4.90 Å². The molecule has 0 aliphatic carbocycles. The van der Waals surface area contributed by atoms with Crippen molar-refractivity contribution in [2.24, 2.45) is 5.73 Å². The summed E-state index contributed by atoms with van der Waals surface area (Å²) in [6.45, 7) is 0.909. The fourth-order valence-electron chi connectivity index (χ4n) is 2.14. The number of hydrogen-bond acceptors (Lipinski definition) is 2. The Bertz CT molecular complexity index is 656. The highest BCUT2D eigenvalue weighted by atomic mass is 19.1. The van der Waals surface area contributed by atoms with Crippen LogP contribution in [0.15, 0.2) is 42.5 Å². The van der Waals surface area contributed by atoms with Crippen LogP contribution in [0.5, 0.6) is 0 Å². The number of benzene rings is 2. The molecule has 0 heterocycles. The highest BCUT2D eigenvalue weighted by Crippen LogP contribution is 2.14. The van der Waals surface area contributed by atoms with Gasteiger partial charge >= 0.3 is 0 Å². The van der Waals surface area contributed by atoms with Crippen molar-refractivity contribution in [2.75, 3.05) is 7.05 Å². The van der Waals surface area contributed by atoms with E-state index in [1.54, 1.807) is 18.2 Å². The van der Waals surface area contributed by atoms with Crippen molar-refractivity contribution >= 4 is 5.84 Å². The number of nitrogens with zero attached hydrogens (tertiary/aromatic N) is 1. The van der Waals surface area contributed by atoms with Gasteiger partial charge in [-0.1, -0.05) is 24.3 Å². The van der Waals surface area contributed by atoms with Crippen LogP contribution in [0, 0.1) is 17.0 Å². The Morgan fingerprint density at radius 3 is 2.52 bits per heavy atom. The van der Waals surface area contributed by atoms with Crippen LogP contribution in [0.3, 0.4) is 0 Å². The third kappa shape index (κ3) is 4.10. The smallest absolute Gasteiger partial charge is 0.128 e. The van der Waals surface area contributed by atoms with E-state index in [0.717, 1.165) is 5.56 Å². The van der Waals surface area contributed by atoms with Gasteiger partial charge in [0.25, 0.3) is 0 Å². The van der Waals surface area contributed by atoms with E-state index in [1.807, 2.05) is 18.0 Å². The predicted octanol–water partition coefficient (Wildman–Crippen LogP) is 2.88. The lowest BCUT2D eigenvalue weighted by Gasteiger charge is -2.17. The second kappa shape index (κ2) is 6.45. The molecule has 0 bridgehead atoms. The van der Waals surface area contributed by atoms with E-state index in [0.29, 0.717) is 24.2 Å². The van der Waals surface area contributed by atoms with Crippen LogP contribution < -0.4 is 5.73 Å². The minimum Gasteiger partial charge on any atom is -0.384 e. The Morgan fingerprint density at radius 2 is 1.90 bits per heavy atom. The van der Waals surface area contributed by atoms with Crippen LogP contribution in [-0.2, 0) is 13.1 Å². The van der Waals surface area contributed by atoms with Crippen molar-refractivity contribution in [3.63, 3.8) is 0 Å². The average molecular weight is 289 g/mol. The van der Waals surface area contributed by atoms with Gasteiger partial charge in [0.1, 0.15) is 17.5 Å². The minimum absolute atomic E-state index is 0.159. The maximum absolute atomic E-state index is 13.9. The molecule has 0 fully saturated rings. The summed E-state index contributed by atoms with van der Waals surface area (Å²) in [6.07, 6.45) is 0. The number of amidine groups is 1. The second-order valence-corrected chi connectivity index (χ2v) is 5.02. The lowest BCUT2D eigenvalue weighted by atomic mass is 10.1. The predicted molar refractivity (Wildman–Crippen MR) is 79.0 cm³/mol. The summed E-state index contributed by atoms with van der Waals surface area (Å²) in [5.74, 6) is -0.833. The Balaban J connectivity index is 2.06. The Labute approximate surface area is 122 Å². The molecule has 3 nitrogen and oxygen atoms in total. The first kappa shape index (κ1) is 15.1. The van der Waals surface area contributed by atoms with Gasteiger partial charge in [-0.05, 0) is 30.8 Å². The molecule has 0 saturated carbocycles. The normalized spacial score (nSPS) is 10.9. The van der Waals surface area contributed by atoms with Crippen molar-refractivity contribution in [3.8, 4) is 0 Å². The molecule has 2 aromatic carbocycles. The molecule has 21 heavy (non-hydrogen) atoms. The standard InChI is InChI=1S/C16H17F2N3/c1-21(9-11-3-2-4-14(17)7-11)10-13-6-5-12(16(19)20)8-15(13)18/h2-8H,9-10H2,1H3,(H3,19,20). The summed E-state index contributed by atoms with van der Waals surface area (Å²) < 4.78 is 27.1. The molecule has 2 aromatic rings. The lowest BCUT2D eigenvalue weighted by Crippen LogP contribution is -2.18. The largest absolute Gasteiger partial charge is 0.384 e. The van der Waals surface area contributed by atoms with Crippen molar-refractivity contribution < 1.29 is 8.78 Å². The van der Waals surface area contributed by atoms with E-state index in [4.69, 9.17) is 11.1 Å². The zero-order chi connectivity index (χ0) is 15.4. The number of halogens is 2. The number of nitrogen functional groups attached to an aromatic ring is 1. The van der Waals surface area contributed by atoms with Gasteiger partial charge in [-0.25, -0.2) is 8.78 Å². The highest BCUT2D eigenvalue weighted by molar-refractivity contribution is 5.94. The molecular formula is C16H17F2N3. The fourth-order valence-corrected chi connectivity index (χ4v) is 2.14. The Kier molecular flexibility index (Phi) is 4.65. The molecule has 3 N–H and O–H groups in total. The molecule has 0 unspecified atom stereocenters. The monoisotopic (exact) mass is 289 g/mol. The third-order valence-corrected chi connectivity index (χ3v) is 3.15. The Morgan fingerprint density at radius 1 is 1.14 bits per heavy atom. The topological polar surface area (TPSA) is 53.1 Å². The zero-order valence-electron chi connectivity index (χ0n) is 11.7. The van der Waals surface area contributed by atoms with E-state index >= 15 is 0 Å². The minimum atomic E-state index is -0.395. The van der Waals surface area contributed by atoms with E-state index in [2.05, 4.69) is 0 Å². The van der Waals surface area contributed by atoms with Gasteiger partial charge in [-0.3, -0.25) is 10.3 Å². The summed E-state index contributed by atoms with van der Waals surface area (Å²) in [5, 5.41) is 7.28. The number of nitrogens with one attached hydrogen (secondary N) is 1. The van der Waals surface area contributed by atoms with E-state index in [-0.39, 0.29) is 11.7 Å². The third-order valence-electron chi connectivity index (χ3n) is 3.15. The van der Waals surface area contributed by atoms with Gasteiger partial charge in [-0.15, -0.1) is 0 Å². The summed E-state index contributed by atoms with van der Waals surface area (Å²) >= 11 is 0.